The summed E-state index contributed by atoms with van der Waals surface area (Å²) in [5.74, 6) is 0.486. The highest BCUT2D eigenvalue weighted by Gasteiger charge is 2.25. The third kappa shape index (κ3) is 2.71. The Morgan fingerprint density at radius 1 is 1.10 bits per heavy atom. The van der Waals surface area contributed by atoms with E-state index in [1.807, 2.05) is 0 Å². The third-order valence-corrected chi connectivity index (χ3v) is 4.55. The second-order valence-electron chi connectivity index (χ2n) is 5.97. The van der Waals surface area contributed by atoms with Gasteiger partial charge in [0.05, 0.1) is 0 Å². The molecule has 1 atom stereocenters. The average Bonchev–Trinajstić information content (AvgIpc) is 3.06. The van der Waals surface area contributed by atoms with Crippen LogP contribution in [0, 0.1) is 5.92 Å². The maximum Gasteiger partial charge on any atom is 0.00431 e. The summed E-state index contributed by atoms with van der Waals surface area (Å²) >= 11 is 0. The second-order valence-corrected chi connectivity index (χ2v) is 5.97. The van der Waals surface area contributed by atoms with E-state index in [-0.39, 0.29) is 0 Å². The van der Waals surface area contributed by atoms with Crippen LogP contribution in [0.1, 0.15) is 31.7 Å². The van der Waals surface area contributed by atoms with Gasteiger partial charge in [0.2, 0.25) is 0 Å². The van der Waals surface area contributed by atoms with Crippen LogP contribution in [0.5, 0.6) is 0 Å². The molecule has 0 nitrogen and oxygen atoms in total. The maximum atomic E-state index is 4.28. The molecule has 0 aromatic heterocycles. The quantitative estimate of drug-likeness (QED) is 0.605. The van der Waals surface area contributed by atoms with E-state index >= 15 is 0 Å². The van der Waals surface area contributed by atoms with Gasteiger partial charge in [-0.2, -0.15) is 0 Å². The van der Waals surface area contributed by atoms with E-state index in [1.54, 1.807) is 0 Å². The van der Waals surface area contributed by atoms with Crippen LogP contribution in [-0.4, -0.2) is 0 Å². The van der Waals surface area contributed by atoms with Crippen molar-refractivity contribution in [1.29, 1.82) is 0 Å². The van der Waals surface area contributed by atoms with E-state index in [2.05, 4.69) is 68.6 Å². The topological polar surface area (TPSA) is 0 Å². The van der Waals surface area contributed by atoms with Gasteiger partial charge in [-0.1, -0.05) is 74.2 Å². The number of allylic oxidation sites excluding steroid dienone is 8. The van der Waals surface area contributed by atoms with Crippen LogP contribution in [0.3, 0.4) is 0 Å². The number of hydrogen-bond acceptors (Lipinski definition) is 0. The largest absolute Gasteiger partial charge is 0.0989 e. The smallest absolute Gasteiger partial charge is 0.00431 e. The SMILES string of the molecule is C=C1CC(=CC2=CC=C(c3ccccc3)C2)C(=C)C1CC. The summed E-state index contributed by atoms with van der Waals surface area (Å²) in [6.45, 7) is 10.7. The van der Waals surface area contributed by atoms with E-state index in [0.717, 1.165) is 19.3 Å². The highest BCUT2D eigenvalue weighted by Crippen LogP contribution is 2.41. The molecular formula is C21H22. The fourth-order valence-electron chi connectivity index (χ4n) is 3.35. The predicted octanol–water partition coefficient (Wildman–Crippen LogP) is 5.87. The van der Waals surface area contributed by atoms with Crippen molar-refractivity contribution in [3.05, 3.63) is 89.6 Å². The van der Waals surface area contributed by atoms with Crippen molar-refractivity contribution in [3.63, 3.8) is 0 Å². The summed E-state index contributed by atoms with van der Waals surface area (Å²) < 4.78 is 0. The molecule has 1 saturated carbocycles. The minimum absolute atomic E-state index is 0.486. The zero-order valence-electron chi connectivity index (χ0n) is 12.7. The fraction of sp³-hybridized carbons (Fsp3) is 0.238. The highest BCUT2D eigenvalue weighted by molar-refractivity contribution is 5.73. The monoisotopic (exact) mass is 274 g/mol. The molecular weight excluding hydrogens is 252 g/mol. The molecule has 0 N–H and O–H groups in total. The molecule has 21 heavy (non-hydrogen) atoms. The predicted molar refractivity (Wildman–Crippen MR) is 91.9 cm³/mol. The van der Waals surface area contributed by atoms with Crippen molar-refractivity contribution in [2.24, 2.45) is 5.92 Å². The molecule has 2 aliphatic carbocycles. The average molecular weight is 274 g/mol. The lowest BCUT2D eigenvalue weighted by molar-refractivity contribution is 0.728. The number of hydrogen-bond donors (Lipinski definition) is 0. The van der Waals surface area contributed by atoms with E-state index < -0.39 is 0 Å². The molecule has 0 heteroatoms. The van der Waals surface area contributed by atoms with Gasteiger partial charge in [0.1, 0.15) is 0 Å². The second kappa shape index (κ2) is 5.73. The van der Waals surface area contributed by atoms with E-state index in [4.69, 9.17) is 0 Å². The van der Waals surface area contributed by atoms with Gasteiger partial charge in [0, 0.05) is 5.92 Å². The fourth-order valence-corrected chi connectivity index (χ4v) is 3.35. The molecule has 2 aliphatic rings. The van der Waals surface area contributed by atoms with Gasteiger partial charge < -0.3 is 0 Å². The molecule has 3 rings (SSSR count). The van der Waals surface area contributed by atoms with Crippen molar-refractivity contribution in [2.75, 3.05) is 0 Å². The maximum absolute atomic E-state index is 4.28. The lowest BCUT2D eigenvalue weighted by Gasteiger charge is -2.08. The van der Waals surface area contributed by atoms with Gasteiger partial charge in [-0.3, -0.25) is 0 Å². The van der Waals surface area contributed by atoms with E-state index in [1.165, 1.54) is 33.4 Å². The van der Waals surface area contributed by atoms with Crippen molar-refractivity contribution in [3.8, 4) is 0 Å². The van der Waals surface area contributed by atoms with Gasteiger partial charge >= 0.3 is 0 Å². The minimum Gasteiger partial charge on any atom is -0.0989 e. The molecule has 1 fully saturated rings. The summed E-state index contributed by atoms with van der Waals surface area (Å²) in [6.07, 6.45) is 9.94. The molecule has 0 spiro atoms. The number of rotatable bonds is 3. The van der Waals surface area contributed by atoms with Gasteiger partial charge in [-0.15, -0.1) is 0 Å². The lowest BCUT2D eigenvalue weighted by atomic mass is 9.96. The van der Waals surface area contributed by atoms with Crippen LogP contribution >= 0.6 is 0 Å². The van der Waals surface area contributed by atoms with E-state index in [0.29, 0.717) is 5.92 Å². The molecule has 1 aromatic carbocycles. The van der Waals surface area contributed by atoms with Gasteiger partial charge in [0.15, 0.2) is 0 Å². The van der Waals surface area contributed by atoms with Crippen LogP contribution in [-0.2, 0) is 0 Å². The first kappa shape index (κ1) is 13.9. The molecule has 0 amide bonds. The number of benzene rings is 1. The van der Waals surface area contributed by atoms with Crippen LogP contribution in [0.25, 0.3) is 5.57 Å². The Morgan fingerprint density at radius 3 is 2.52 bits per heavy atom. The van der Waals surface area contributed by atoms with Crippen molar-refractivity contribution in [1.82, 2.24) is 0 Å². The molecule has 1 unspecified atom stereocenters. The molecule has 0 bridgehead atoms. The molecule has 1 aromatic rings. The molecule has 0 heterocycles. The summed E-state index contributed by atoms with van der Waals surface area (Å²) in [4.78, 5) is 0. The van der Waals surface area contributed by atoms with Crippen molar-refractivity contribution < 1.29 is 0 Å². The Hall–Kier alpha value is -2.08. The molecule has 0 radical (unpaired) electrons. The molecule has 0 aliphatic heterocycles. The first-order valence-corrected chi connectivity index (χ1v) is 7.71. The third-order valence-electron chi connectivity index (χ3n) is 4.55. The Kier molecular flexibility index (Phi) is 3.79. The first-order chi connectivity index (χ1) is 10.2. The van der Waals surface area contributed by atoms with E-state index in [9.17, 15) is 0 Å². The van der Waals surface area contributed by atoms with Crippen LogP contribution in [0.15, 0.2) is 84.0 Å². The lowest BCUT2D eigenvalue weighted by Crippen LogP contribution is -1.95. The summed E-state index contributed by atoms with van der Waals surface area (Å²) in [7, 11) is 0. The summed E-state index contributed by atoms with van der Waals surface area (Å²) in [6, 6.07) is 10.6. The van der Waals surface area contributed by atoms with Crippen molar-refractivity contribution >= 4 is 5.57 Å². The minimum atomic E-state index is 0.486. The van der Waals surface area contributed by atoms with Gasteiger partial charge in [-0.25, -0.2) is 0 Å². The normalized spacial score (nSPS) is 23.7. The van der Waals surface area contributed by atoms with Crippen LogP contribution < -0.4 is 0 Å². The van der Waals surface area contributed by atoms with Crippen LogP contribution in [0.4, 0.5) is 0 Å². The van der Waals surface area contributed by atoms with Crippen molar-refractivity contribution in [2.45, 2.75) is 26.2 Å². The Bertz CT molecular complexity index is 665. The Balaban J connectivity index is 1.73. The molecule has 0 saturated heterocycles. The first-order valence-electron chi connectivity index (χ1n) is 7.71. The Labute approximate surface area is 127 Å². The van der Waals surface area contributed by atoms with Crippen LogP contribution in [0.2, 0.25) is 0 Å². The standard InChI is InChI=1S/C21H22/c1-4-21-15(2)12-20(16(21)3)14-17-10-11-19(13-17)18-8-6-5-7-9-18/h5-11,14,21H,2-4,12-13H2,1H3. The summed E-state index contributed by atoms with van der Waals surface area (Å²) in [5, 5.41) is 0. The highest BCUT2D eigenvalue weighted by atomic mass is 14.3. The zero-order valence-corrected chi connectivity index (χ0v) is 12.7. The van der Waals surface area contributed by atoms with Gasteiger partial charge in [-0.05, 0) is 47.1 Å². The van der Waals surface area contributed by atoms with Gasteiger partial charge in [0.25, 0.3) is 0 Å². The Morgan fingerprint density at radius 2 is 1.86 bits per heavy atom. The zero-order chi connectivity index (χ0) is 14.8. The molecule has 106 valence electrons. The summed E-state index contributed by atoms with van der Waals surface area (Å²) in [5.41, 5.74) is 8.08.